The summed E-state index contributed by atoms with van der Waals surface area (Å²) in [7, 11) is 2.08. The molecule has 0 spiro atoms. The minimum absolute atomic E-state index is 1.07. The van der Waals surface area contributed by atoms with E-state index in [1.807, 2.05) is 13.8 Å². The van der Waals surface area contributed by atoms with E-state index >= 15 is 0 Å². The van der Waals surface area contributed by atoms with E-state index in [1.165, 1.54) is 18.5 Å². The molecule has 0 aromatic heterocycles. The van der Waals surface area contributed by atoms with E-state index in [1.54, 1.807) is 0 Å². The van der Waals surface area contributed by atoms with Gasteiger partial charge in [0.15, 0.2) is 0 Å². The van der Waals surface area contributed by atoms with Gasteiger partial charge in [0.1, 0.15) is 0 Å². The lowest BCUT2D eigenvalue weighted by atomic mass is 10.2. The highest BCUT2D eigenvalue weighted by Crippen LogP contribution is 2.04. The van der Waals surface area contributed by atoms with Gasteiger partial charge in [-0.05, 0) is 13.3 Å². The highest BCUT2D eigenvalue weighted by molar-refractivity contribution is 4.90. The van der Waals surface area contributed by atoms with Gasteiger partial charge in [-0.3, -0.25) is 0 Å². The van der Waals surface area contributed by atoms with Gasteiger partial charge in [-0.1, -0.05) is 54.0 Å². The SMILES string of the molecule is C=C(CCC)N(C)CC.CC.CCC. The lowest BCUT2D eigenvalue weighted by Crippen LogP contribution is -2.15. The molecule has 0 rings (SSSR count). The molecule has 1 nitrogen and oxygen atoms in total. The van der Waals surface area contributed by atoms with Crippen molar-refractivity contribution >= 4 is 0 Å². The molecule has 88 valence electrons. The molecule has 0 aromatic rings. The predicted octanol–water partition coefficient (Wildman–Crippen LogP) is 4.69. The maximum absolute atomic E-state index is 3.94. The van der Waals surface area contributed by atoms with E-state index in [0.717, 1.165) is 13.0 Å². The summed E-state index contributed by atoms with van der Waals surface area (Å²) < 4.78 is 0. The fourth-order valence-electron chi connectivity index (χ4n) is 0.703. The van der Waals surface area contributed by atoms with E-state index in [-0.39, 0.29) is 0 Å². The van der Waals surface area contributed by atoms with Crippen molar-refractivity contribution in [3.05, 3.63) is 12.3 Å². The first-order chi connectivity index (χ1) is 6.63. The van der Waals surface area contributed by atoms with Crippen LogP contribution in [0.3, 0.4) is 0 Å². The zero-order valence-corrected chi connectivity index (χ0v) is 11.5. The van der Waals surface area contributed by atoms with Crippen LogP contribution in [-0.4, -0.2) is 18.5 Å². The largest absolute Gasteiger partial charge is 0.379 e. The smallest absolute Gasteiger partial charge is 0.0143 e. The molecular weight excluding hydrogens is 170 g/mol. The van der Waals surface area contributed by atoms with Gasteiger partial charge in [0, 0.05) is 19.3 Å². The van der Waals surface area contributed by atoms with Crippen molar-refractivity contribution in [2.75, 3.05) is 13.6 Å². The zero-order chi connectivity index (χ0) is 12.0. The molecule has 0 N–H and O–H groups in total. The number of nitrogens with zero attached hydrogens (tertiary/aromatic N) is 1. The summed E-state index contributed by atoms with van der Waals surface area (Å²) in [6, 6.07) is 0. The van der Waals surface area contributed by atoms with Gasteiger partial charge >= 0.3 is 0 Å². The molecule has 0 saturated carbocycles. The van der Waals surface area contributed by atoms with Gasteiger partial charge < -0.3 is 4.90 Å². The van der Waals surface area contributed by atoms with Crippen molar-refractivity contribution in [3.8, 4) is 0 Å². The van der Waals surface area contributed by atoms with Crippen LogP contribution < -0.4 is 0 Å². The highest BCUT2D eigenvalue weighted by Gasteiger charge is 1.95. The zero-order valence-electron chi connectivity index (χ0n) is 11.5. The molecule has 0 atom stereocenters. The fraction of sp³-hybridized carbons (Fsp3) is 0.846. The average Bonchev–Trinajstić information content (AvgIpc) is 2.21. The molecule has 0 fully saturated rings. The third-order valence-corrected chi connectivity index (χ3v) is 1.55. The summed E-state index contributed by atoms with van der Waals surface area (Å²) >= 11 is 0. The number of allylic oxidation sites excluding steroid dienone is 1. The Labute approximate surface area is 92.2 Å². The van der Waals surface area contributed by atoms with Gasteiger partial charge in [-0.15, -0.1) is 0 Å². The first-order valence-electron chi connectivity index (χ1n) is 6.02. The Bertz CT molecular complexity index is 97.4. The Balaban J connectivity index is -0.000000205. The molecule has 14 heavy (non-hydrogen) atoms. The van der Waals surface area contributed by atoms with Crippen molar-refractivity contribution in [3.63, 3.8) is 0 Å². The van der Waals surface area contributed by atoms with Crippen molar-refractivity contribution in [1.82, 2.24) is 4.90 Å². The van der Waals surface area contributed by atoms with Gasteiger partial charge in [0.2, 0.25) is 0 Å². The fourth-order valence-corrected chi connectivity index (χ4v) is 0.703. The van der Waals surface area contributed by atoms with Crippen LogP contribution in [0.5, 0.6) is 0 Å². The molecule has 1 heteroatoms. The minimum Gasteiger partial charge on any atom is -0.379 e. The number of rotatable bonds is 4. The molecule has 0 amide bonds. The molecule has 0 radical (unpaired) electrons. The predicted molar refractivity (Wildman–Crippen MR) is 69.7 cm³/mol. The molecule has 0 aromatic carbocycles. The molecule has 0 heterocycles. The minimum atomic E-state index is 1.07. The third-order valence-electron chi connectivity index (χ3n) is 1.55. The molecule has 0 unspecified atom stereocenters. The second-order valence-corrected chi connectivity index (χ2v) is 3.04. The van der Waals surface area contributed by atoms with Crippen LogP contribution in [-0.2, 0) is 0 Å². The summed E-state index contributed by atoms with van der Waals surface area (Å²) in [6.07, 6.45) is 3.58. The molecular formula is C13H31N. The van der Waals surface area contributed by atoms with Crippen molar-refractivity contribution in [1.29, 1.82) is 0 Å². The van der Waals surface area contributed by atoms with Crippen LogP contribution in [0.1, 0.15) is 60.8 Å². The number of hydrogen-bond acceptors (Lipinski definition) is 1. The quantitative estimate of drug-likeness (QED) is 0.637. The lowest BCUT2D eigenvalue weighted by Gasteiger charge is -2.18. The molecule has 0 saturated heterocycles. The number of hydrogen-bond donors (Lipinski definition) is 0. The van der Waals surface area contributed by atoms with Crippen molar-refractivity contribution < 1.29 is 0 Å². The van der Waals surface area contributed by atoms with Gasteiger partial charge in [0.05, 0.1) is 0 Å². The third kappa shape index (κ3) is 17.6. The molecule has 0 bridgehead atoms. The van der Waals surface area contributed by atoms with E-state index in [4.69, 9.17) is 0 Å². The molecule has 0 aliphatic rings. The molecule has 0 aliphatic heterocycles. The Kier molecular flexibility index (Phi) is 25.1. The lowest BCUT2D eigenvalue weighted by molar-refractivity contribution is 0.424. The topological polar surface area (TPSA) is 3.24 Å². The Hall–Kier alpha value is -0.460. The van der Waals surface area contributed by atoms with E-state index in [0.29, 0.717) is 0 Å². The second-order valence-electron chi connectivity index (χ2n) is 3.04. The summed E-state index contributed by atoms with van der Waals surface area (Å²) in [5.41, 5.74) is 1.25. The van der Waals surface area contributed by atoms with Crippen LogP contribution in [0.2, 0.25) is 0 Å². The first-order valence-corrected chi connectivity index (χ1v) is 6.02. The Morgan fingerprint density at radius 2 is 1.43 bits per heavy atom. The van der Waals surface area contributed by atoms with Crippen LogP contribution in [0.4, 0.5) is 0 Å². The highest BCUT2D eigenvalue weighted by atomic mass is 15.1. The van der Waals surface area contributed by atoms with E-state index in [9.17, 15) is 0 Å². The summed E-state index contributed by atoms with van der Waals surface area (Å²) in [4.78, 5) is 2.18. The van der Waals surface area contributed by atoms with E-state index in [2.05, 4.69) is 46.2 Å². The summed E-state index contributed by atoms with van der Waals surface area (Å²) in [6.45, 7) is 17.6. The van der Waals surface area contributed by atoms with Gasteiger partial charge in [-0.2, -0.15) is 0 Å². The van der Waals surface area contributed by atoms with Crippen LogP contribution in [0.25, 0.3) is 0 Å². The van der Waals surface area contributed by atoms with Gasteiger partial charge in [-0.25, -0.2) is 0 Å². The van der Waals surface area contributed by atoms with Crippen molar-refractivity contribution in [2.45, 2.75) is 60.8 Å². The standard InChI is InChI=1S/C8H17N.C3H8.C2H6/c1-5-7-8(3)9(4)6-2;1-3-2;1-2/h3,5-7H2,1-2,4H3;3H2,1-2H3;1-2H3. The van der Waals surface area contributed by atoms with Gasteiger partial charge in [0.25, 0.3) is 0 Å². The van der Waals surface area contributed by atoms with Crippen molar-refractivity contribution in [2.24, 2.45) is 0 Å². The first kappa shape index (κ1) is 19.2. The van der Waals surface area contributed by atoms with Crippen LogP contribution in [0.15, 0.2) is 12.3 Å². The Morgan fingerprint density at radius 1 is 1.07 bits per heavy atom. The Morgan fingerprint density at radius 3 is 1.64 bits per heavy atom. The molecule has 0 aliphatic carbocycles. The summed E-state index contributed by atoms with van der Waals surface area (Å²) in [5.74, 6) is 0. The van der Waals surface area contributed by atoms with E-state index < -0.39 is 0 Å². The summed E-state index contributed by atoms with van der Waals surface area (Å²) in [5, 5.41) is 0. The maximum Gasteiger partial charge on any atom is 0.0143 e. The monoisotopic (exact) mass is 201 g/mol. The average molecular weight is 201 g/mol. The second kappa shape index (κ2) is 18.3. The van der Waals surface area contributed by atoms with Crippen LogP contribution >= 0.6 is 0 Å². The van der Waals surface area contributed by atoms with Crippen LogP contribution in [0, 0.1) is 0 Å². The maximum atomic E-state index is 3.94. The normalized spacial score (nSPS) is 7.64.